The maximum Gasteiger partial charge on any atom is 0.0707 e. The van der Waals surface area contributed by atoms with Crippen LogP contribution in [-0.2, 0) is 4.74 Å². The summed E-state index contributed by atoms with van der Waals surface area (Å²) in [6.07, 6.45) is 7.58. The Bertz CT molecular complexity index is 214. The van der Waals surface area contributed by atoms with Crippen LogP contribution in [0.1, 0.15) is 39.0 Å². The fourth-order valence-corrected chi connectivity index (χ4v) is 3.16. The summed E-state index contributed by atoms with van der Waals surface area (Å²) in [6.45, 7) is 7.07. The van der Waals surface area contributed by atoms with E-state index >= 15 is 0 Å². The van der Waals surface area contributed by atoms with Crippen molar-refractivity contribution in [2.24, 2.45) is 5.92 Å². The lowest BCUT2D eigenvalue weighted by molar-refractivity contribution is 0.0173. The average Bonchev–Trinajstić information content (AvgIpc) is 2.78. The molecule has 0 aliphatic carbocycles. The molecule has 2 rings (SSSR count). The van der Waals surface area contributed by atoms with Crippen molar-refractivity contribution in [2.75, 3.05) is 33.2 Å². The summed E-state index contributed by atoms with van der Waals surface area (Å²) in [6, 6.07) is 0. The number of hydrogen-bond donors (Lipinski definition) is 1. The number of hydrogen-bond acceptors (Lipinski definition) is 3. The van der Waals surface area contributed by atoms with E-state index in [2.05, 4.69) is 17.1 Å². The Hall–Kier alpha value is -0.120. The van der Waals surface area contributed by atoms with E-state index in [1.54, 1.807) is 0 Å². The van der Waals surface area contributed by atoms with Crippen molar-refractivity contribution in [1.82, 2.24) is 10.2 Å². The Morgan fingerprint density at radius 1 is 1.12 bits per heavy atom. The summed E-state index contributed by atoms with van der Waals surface area (Å²) in [5.74, 6) is 0.979. The van der Waals surface area contributed by atoms with Gasteiger partial charge in [-0.2, -0.15) is 0 Å². The summed E-state index contributed by atoms with van der Waals surface area (Å²) in [4.78, 5) is 2.61. The molecule has 2 unspecified atom stereocenters. The first-order chi connectivity index (χ1) is 8.31. The number of nitrogens with zero attached hydrogens (tertiary/aromatic N) is 1. The molecule has 0 aromatic carbocycles. The van der Waals surface area contributed by atoms with Crippen LogP contribution >= 0.6 is 0 Å². The maximum atomic E-state index is 6.05. The molecule has 2 aliphatic heterocycles. The van der Waals surface area contributed by atoms with E-state index in [-0.39, 0.29) is 0 Å². The van der Waals surface area contributed by atoms with E-state index < -0.39 is 0 Å². The molecule has 0 bridgehead atoms. The molecular weight excluding hydrogens is 212 g/mol. The quantitative estimate of drug-likeness (QED) is 0.794. The van der Waals surface area contributed by atoms with E-state index in [4.69, 9.17) is 4.74 Å². The smallest absolute Gasteiger partial charge is 0.0707 e. The fourth-order valence-electron chi connectivity index (χ4n) is 3.16. The lowest BCUT2D eigenvalue weighted by Crippen LogP contribution is -2.39. The molecule has 100 valence electrons. The Kier molecular flexibility index (Phi) is 5.26. The van der Waals surface area contributed by atoms with Crippen molar-refractivity contribution in [3.63, 3.8) is 0 Å². The van der Waals surface area contributed by atoms with Crippen LogP contribution in [0, 0.1) is 5.92 Å². The van der Waals surface area contributed by atoms with Crippen molar-refractivity contribution < 1.29 is 4.74 Å². The molecule has 2 fully saturated rings. The van der Waals surface area contributed by atoms with Crippen molar-refractivity contribution in [3.05, 3.63) is 0 Å². The van der Waals surface area contributed by atoms with Crippen molar-refractivity contribution in [2.45, 2.75) is 51.2 Å². The Morgan fingerprint density at radius 2 is 1.82 bits per heavy atom. The topological polar surface area (TPSA) is 24.5 Å². The molecule has 3 heteroatoms. The first-order valence-corrected chi connectivity index (χ1v) is 7.34. The van der Waals surface area contributed by atoms with Gasteiger partial charge < -0.3 is 15.0 Å². The average molecular weight is 240 g/mol. The van der Waals surface area contributed by atoms with Gasteiger partial charge in [0.25, 0.3) is 0 Å². The molecule has 0 radical (unpaired) electrons. The molecule has 2 aliphatic rings. The van der Waals surface area contributed by atoms with Gasteiger partial charge in [0, 0.05) is 13.1 Å². The molecule has 0 amide bonds. The lowest BCUT2D eigenvalue weighted by atomic mass is 9.94. The number of likely N-dealkylation sites (tertiary alicyclic amines) is 1. The Morgan fingerprint density at radius 3 is 2.47 bits per heavy atom. The van der Waals surface area contributed by atoms with E-state index in [0.717, 1.165) is 19.0 Å². The monoisotopic (exact) mass is 240 g/mol. The zero-order valence-corrected chi connectivity index (χ0v) is 11.5. The highest BCUT2D eigenvalue weighted by atomic mass is 16.5. The number of likely N-dealkylation sites (N-methyl/N-ethyl adjacent to an activating group) is 1. The fraction of sp³-hybridized carbons (Fsp3) is 1.00. The van der Waals surface area contributed by atoms with Crippen LogP contribution in [0.25, 0.3) is 0 Å². The van der Waals surface area contributed by atoms with Gasteiger partial charge in [-0.1, -0.05) is 13.3 Å². The van der Waals surface area contributed by atoms with Crippen molar-refractivity contribution in [3.8, 4) is 0 Å². The Labute approximate surface area is 106 Å². The number of rotatable bonds is 5. The normalized spacial score (nSPS) is 32.1. The predicted molar refractivity (Wildman–Crippen MR) is 71.3 cm³/mol. The van der Waals surface area contributed by atoms with Gasteiger partial charge in [-0.05, 0) is 51.7 Å². The highest BCUT2D eigenvalue weighted by Gasteiger charge is 2.27. The number of nitrogens with one attached hydrogen (secondary N) is 1. The highest BCUT2D eigenvalue weighted by molar-refractivity contribution is 4.80. The van der Waals surface area contributed by atoms with Crippen LogP contribution in [0.2, 0.25) is 0 Å². The third-order valence-electron chi connectivity index (χ3n) is 4.37. The van der Waals surface area contributed by atoms with Crippen molar-refractivity contribution >= 4 is 0 Å². The minimum Gasteiger partial charge on any atom is -0.372 e. The summed E-state index contributed by atoms with van der Waals surface area (Å²) >= 11 is 0. The predicted octanol–water partition coefficient (Wildman–Crippen LogP) is 1.88. The van der Waals surface area contributed by atoms with Crippen LogP contribution in [-0.4, -0.2) is 50.3 Å². The molecule has 2 heterocycles. The highest BCUT2D eigenvalue weighted by Crippen LogP contribution is 2.24. The van der Waals surface area contributed by atoms with Gasteiger partial charge >= 0.3 is 0 Å². The second-order valence-corrected chi connectivity index (χ2v) is 5.67. The summed E-state index contributed by atoms with van der Waals surface area (Å²) < 4.78 is 6.05. The second kappa shape index (κ2) is 6.72. The van der Waals surface area contributed by atoms with E-state index in [0.29, 0.717) is 12.2 Å². The van der Waals surface area contributed by atoms with Crippen LogP contribution < -0.4 is 5.32 Å². The molecular formula is C14H28N2O. The molecule has 17 heavy (non-hydrogen) atoms. The standard InChI is InChI=1S/C14H28N2O/c1-3-12-6-8-16(9-7-12)11-14-5-4-13(17-14)10-15-2/h12-15H,3-11H2,1-2H3. The number of ether oxygens (including phenoxy) is 1. The van der Waals surface area contributed by atoms with Crippen molar-refractivity contribution in [1.29, 1.82) is 0 Å². The van der Waals surface area contributed by atoms with Gasteiger partial charge in [0.1, 0.15) is 0 Å². The maximum absolute atomic E-state index is 6.05. The molecule has 3 nitrogen and oxygen atoms in total. The van der Waals surface area contributed by atoms with Crippen LogP contribution in [0.5, 0.6) is 0 Å². The summed E-state index contributed by atoms with van der Waals surface area (Å²) in [5.41, 5.74) is 0. The molecule has 2 atom stereocenters. The first kappa shape index (κ1) is 13.3. The minimum absolute atomic E-state index is 0.457. The third-order valence-corrected chi connectivity index (χ3v) is 4.37. The molecule has 0 aromatic rings. The number of piperidine rings is 1. The summed E-state index contributed by atoms with van der Waals surface area (Å²) in [7, 11) is 2.01. The van der Waals surface area contributed by atoms with Gasteiger partial charge in [-0.25, -0.2) is 0 Å². The summed E-state index contributed by atoms with van der Waals surface area (Å²) in [5, 5.41) is 3.21. The van der Waals surface area contributed by atoms with Gasteiger partial charge in [0.15, 0.2) is 0 Å². The zero-order valence-electron chi connectivity index (χ0n) is 11.5. The van der Waals surface area contributed by atoms with Crippen LogP contribution in [0.3, 0.4) is 0 Å². The molecule has 2 saturated heterocycles. The van der Waals surface area contributed by atoms with Gasteiger partial charge in [0.05, 0.1) is 12.2 Å². The Balaban J connectivity index is 1.65. The second-order valence-electron chi connectivity index (χ2n) is 5.67. The minimum atomic E-state index is 0.457. The van der Waals surface area contributed by atoms with Crippen LogP contribution in [0.4, 0.5) is 0 Å². The van der Waals surface area contributed by atoms with Gasteiger partial charge in [0.2, 0.25) is 0 Å². The third kappa shape index (κ3) is 3.94. The SMILES string of the molecule is CCC1CCN(CC2CCC(CNC)O2)CC1. The molecule has 0 saturated carbocycles. The van der Waals surface area contributed by atoms with E-state index in [9.17, 15) is 0 Å². The van der Waals surface area contributed by atoms with E-state index in [1.807, 2.05) is 7.05 Å². The first-order valence-electron chi connectivity index (χ1n) is 7.34. The zero-order chi connectivity index (χ0) is 12.1. The lowest BCUT2D eigenvalue weighted by Gasteiger charge is -2.33. The largest absolute Gasteiger partial charge is 0.372 e. The van der Waals surface area contributed by atoms with Crippen LogP contribution in [0.15, 0.2) is 0 Å². The van der Waals surface area contributed by atoms with E-state index in [1.165, 1.54) is 45.2 Å². The molecule has 0 spiro atoms. The van der Waals surface area contributed by atoms with Gasteiger partial charge in [-0.3, -0.25) is 0 Å². The molecule has 0 aromatic heterocycles. The van der Waals surface area contributed by atoms with Gasteiger partial charge in [-0.15, -0.1) is 0 Å². The molecule has 1 N–H and O–H groups in total.